The summed E-state index contributed by atoms with van der Waals surface area (Å²) in [6, 6.07) is 5.19. The number of aryl methyl sites for hydroxylation is 1. The van der Waals surface area contributed by atoms with E-state index < -0.39 is 36.5 Å². The second kappa shape index (κ2) is 17.6. The summed E-state index contributed by atoms with van der Waals surface area (Å²) in [5, 5.41) is 21.9. The Labute approximate surface area is 237 Å². The fourth-order valence-corrected chi connectivity index (χ4v) is 3.91. The van der Waals surface area contributed by atoms with Crippen molar-refractivity contribution in [2.75, 3.05) is 26.3 Å². The number of carboxylic acid groups (broad SMARTS) is 1. The highest BCUT2D eigenvalue weighted by Crippen LogP contribution is 2.28. The maximum atomic E-state index is 11.9. The first-order chi connectivity index (χ1) is 19.6. The van der Waals surface area contributed by atoms with E-state index in [2.05, 4.69) is 5.32 Å². The fourth-order valence-electron chi connectivity index (χ4n) is 3.91. The Bertz CT molecular complexity index is 1080. The highest BCUT2D eigenvalue weighted by atomic mass is 16.7. The van der Waals surface area contributed by atoms with E-state index in [1.165, 1.54) is 12.2 Å². The standard InChI is InChI=1S/C27H37N3O11/c1-2-4-24(34)30(17-31)10-8-23(33)29-9-12-38-11-3-5-18-6-7-21(19(13-18)16-39-27(28)37)40-25-15-20(32)14-22(41-25)26(35)36/h2,4,6-7,13,17,20,22,25,32H,3,5,8-12,14-16H2,1H3,(H2,28,37)(H,29,33)(H,35,36)/b4-2-. The van der Waals surface area contributed by atoms with Crippen LogP contribution < -0.4 is 15.8 Å². The summed E-state index contributed by atoms with van der Waals surface area (Å²) >= 11 is 0. The molecule has 1 fully saturated rings. The van der Waals surface area contributed by atoms with E-state index in [0.717, 1.165) is 10.5 Å². The average molecular weight is 580 g/mol. The van der Waals surface area contributed by atoms with E-state index in [1.54, 1.807) is 25.1 Å². The molecule has 0 radical (unpaired) electrons. The third kappa shape index (κ3) is 12.4. The van der Waals surface area contributed by atoms with Crippen molar-refractivity contribution in [2.24, 2.45) is 5.73 Å². The van der Waals surface area contributed by atoms with Crippen LogP contribution in [-0.2, 0) is 46.4 Å². The number of rotatable bonds is 17. The molecule has 3 unspecified atom stereocenters. The number of ether oxygens (including phenoxy) is 4. The van der Waals surface area contributed by atoms with Gasteiger partial charge in [0.25, 0.3) is 5.91 Å². The molecule has 2 rings (SSSR count). The van der Waals surface area contributed by atoms with Gasteiger partial charge in [0.15, 0.2) is 6.10 Å². The zero-order chi connectivity index (χ0) is 30.2. The maximum absolute atomic E-state index is 11.9. The zero-order valence-corrected chi connectivity index (χ0v) is 22.9. The molecule has 4 amide bonds. The number of nitrogens with zero attached hydrogens (tertiary/aromatic N) is 1. The Morgan fingerprint density at radius 2 is 2.00 bits per heavy atom. The molecule has 1 aromatic rings. The fraction of sp³-hybridized carbons (Fsp3) is 0.519. The van der Waals surface area contributed by atoms with Gasteiger partial charge in [0, 0.05) is 44.5 Å². The van der Waals surface area contributed by atoms with Gasteiger partial charge in [-0.15, -0.1) is 0 Å². The van der Waals surface area contributed by atoms with Crippen molar-refractivity contribution in [1.82, 2.24) is 10.2 Å². The summed E-state index contributed by atoms with van der Waals surface area (Å²) in [6.07, 6.45) is 0.334. The molecule has 14 heteroatoms. The number of allylic oxidation sites excluding steroid dienone is 1. The van der Waals surface area contributed by atoms with Crippen molar-refractivity contribution in [3.05, 3.63) is 41.5 Å². The van der Waals surface area contributed by atoms with Crippen LogP contribution in [0.2, 0.25) is 0 Å². The minimum Gasteiger partial charge on any atom is -0.479 e. The Morgan fingerprint density at radius 3 is 2.68 bits per heavy atom. The molecule has 41 heavy (non-hydrogen) atoms. The van der Waals surface area contributed by atoms with E-state index in [1.807, 2.05) is 0 Å². The number of carboxylic acids is 1. The van der Waals surface area contributed by atoms with Gasteiger partial charge < -0.3 is 40.2 Å². The lowest BCUT2D eigenvalue weighted by Gasteiger charge is -2.31. The van der Waals surface area contributed by atoms with Crippen molar-refractivity contribution in [1.29, 1.82) is 0 Å². The van der Waals surface area contributed by atoms with Crippen LogP contribution in [0.25, 0.3) is 0 Å². The smallest absolute Gasteiger partial charge is 0.404 e. The van der Waals surface area contributed by atoms with Crippen LogP contribution >= 0.6 is 0 Å². The molecule has 0 spiro atoms. The SMILES string of the molecule is C/C=C\C(=O)N(C=O)CCC(=O)NCCOCCCc1ccc(OC2CC(O)CC(C(=O)O)O2)c(COC(N)=O)c1. The summed E-state index contributed by atoms with van der Waals surface area (Å²) < 4.78 is 21.7. The van der Waals surface area contributed by atoms with Gasteiger partial charge in [-0.2, -0.15) is 0 Å². The molecule has 14 nitrogen and oxygen atoms in total. The van der Waals surface area contributed by atoms with E-state index in [9.17, 15) is 34.2 Å². The van der Waals surface area contributed by atoms with Crippen LogP contribution in [0.5, 0.6) is 5.75 Å². The number of nitrogens with two attached hydrogens (primary N) is 1. The van der Waals surface area contributed by atoms with Crippen molar-refractivity contribution < 1.29 is 53.1 Å². The molecule has 1 heterocycles. The Balaban J connectivity index is 1.77. The normalized spacial score (nSPS) is 18.4. The lowest BCUT2D eigenvalue weighted by molar-refractivity contribution is -0.195. The van der Waals surface area contributed by atoms with Crippen LogP contribution in [0, 0.1) is 0 Å². The highest BCUT2D eigenvalue weighted by Gasteiger charge is 2.34. The van der Waals surface area contributed by atoms with Gasteiger partial charge in [0.1, 0.15) is 12.4 Å². The quantitative estimate of drug-likeness (QED) is 0.114. The summed E-state index contributed by atoms with van der Waals surface area (Å²) in [4.78, 5) is 57.9. The number of amides is 4. The molecule has 1 saturated heterocycles. The zero-order valence-electron chi connectivity index (χ0n) is 22.9. The molecular weight excluding hydrogens is 542 g/mol. The van der Waals surface area contributed by atoms with Crippen LogP contribution in [0.3, 0.4) is 0 Å². The number of aliphatic hydroxyl groups excluding tert-OH is 1. The van der Waals surface area contributed by atoms with Gasteiger partial charge in [0.05, 0.1) is 12.7 Å². The molecule has 1 aliphatic rings. The molecule has 0 aromatic heterocycles. The Morgan fingerprint density at radius 1 is 1.22 bits per heavy atom. The second-order valence-corrected chi connectivity index (χ2v) is 9.14. The molecule has 1 aliphatic heterocycles. The molecule has 5 N–H and O–H groups in total. The first-order valence-electron chi connectivity index (χ1n) is 13.1. The minimum atomic E-state index is -1.20. The number of aliphatic carboxylic acids is 1. The maximum Gasteiger partial charge on any atom is 0.404 e. The second-order valence-electron chi connectivity index (χ2n) is 9.14. The highest BCUT2D eigenvalue weighted by molar-refractivity contribution is 5.94. The number of carbonyl (C=O) groups excluding carboxylic acids is 4. The van der Waals surface area contributed by atoms with Gasteiger partial charge in [-0.25, -0.2) is 9.59 Å². The predicted molar refractivity (Wildman–Crippen MR) is 142 cm³/mol. The largest absolute Gasteiger partial charge is 0.479 e. The number of primary amides is 1. The van der Waals surface area contributed by atoms with Crippen LogP contribution in [0.1, 0.15) is 43.7 Å². The molecule has 226 valence electrons. The molecule has 0 saturated carbocycles. The van der Waals surface area contributed by atoms with Gasteiger partial charge in [-0.3, -0.25) is 19.3 Å². The number of hydrogen-bond donors (Lipinski definition) is 4. The van der Waals surface area contributed by atoms with Crippen molar-refractivity contribution in [2.45, 2.75) is 64.1 Å². The third-order valence-electron chi connectivity index (χ3n) is 5.92. The average Bonchev–Trinajstić information content (AvgIpc) is 2.92. The molecule has 3 atom stereocenters. The summed E-state index contributed by atoms with van der Waals surface area (Å²) in [6.45, 7) is 2.40. The monoisotopic (exact) mass is 579 g/mol. The lowest BCUT2D eigenvalue weighted by atomic mass is 10.0. The van der Waals surface area contributed by atoms with E-state index >= 15 is 0 Å². The van der Waals surface area contributed by atoms with E-state index in [4.69, 9.17) is 24.7 Å². The predicted octanol–water partition coefficient (Wildman–Crippen LogP) is 0.628. The van der Waals surface area contributed by atoms with Crippen molar-refractivity contribution in [3.8, 4) is 5.75 Å². The lowest BCUT2D eigenvalue weighted by Crippen LogP contribution is -2.42. The topological polar surface area (TPSA) is 204 Å². The molecular formula is C27H37N3O11. The Kier molecular flexibility index (Phi) is 14.3. The van der Waals surface area contributed by atoms with E-state index in [0.29, 0.717) is 37.2 Å². The summed E-state index contributed by atoms with van der Waals surface area (Å²) in [5.74, 6) is -1.70. The first kappa shape index (κ1) is 33.2. The van der Waals surface area contributed by atoms with Gasteiger partial charge >= 0.3 is 12.1 Å². The number of imide groups is 1. The van der Waals surface area contributed by atoms with Crippen LogP contribution in [0.15, 0.2) is 30.4 Å². The number of aliphatic hydroxyl groups is 1. The molecule has 0 bridgehead atoms. The van der Waals surface area contributed by atoms with Gasteiger partial charge in [-0.05, 0) is 43.5 Å². The third-order valence-corrected chi connectivity index (χ3v) is 5.92. The first-order valence-corrected chi connectivity index (χ1v) is 13.1. The van der Waals surface area contributed by atoms with Crippen molar-refractivity contribution >= 4 is 30.3 Å². The van der Waals surface area contributed by atoms with Crippen molar-refractivity contribution in [3.63, 3.8) is 0 Å². The van der Waals surface area contributed by atoms with E-state index in [-0.39, 0.29) is 51.5 Å². The number of hydrogen-bond acceptors (Lipinski definition) is 10. The summed E-state index contributed by atoms with van der Waals surface area (Å²) in [5.41, 5.74) is 6.47. The Hall–Kier alpha value is -4.01. The number of benzene rings is 1. The van der Waals surface area contributed by atoms with Gasteiger partial charge in [-0.1, -0.05) is 12.1 Å². The molecule has 1 aromatic carbocycles. The van der Waals surface area contributed by atoms with Crippen LogP contribution in [0.4, 0.5) is 4.79 Å². The number of carbonyl (C=O) groups is 5. The minimum absolute atomic E-state index is 0.0167. The number of nitrogens with one attached hydrogen (secondary N) is 1. The molecule has 0 aliphatic carbocycles. The van der Waals surface area contributed by atoms with Gasteiger partial charge in [0.2, 0.25) is 18.6 Å². The summed E-state index contributed by atoms with van der Waals surface area (Å²) in [7, 11) is 0. The van der Waals surface area contributed by atoms with Crippen LogP contribution in [-0.4, -0.2) is 90.2 Å².